The maximum atomic E-state index is 6.11. The number of hydrogen-bond donors (Lipinski definition) is 1. The molecule has 4 heteroatoms. The summed E-state index contributed by atoms with van der Waals surface area (Å²) in [4.78, 5) is 4.80. The zero-order valence-electron chi connectivity index (χ0n) is 11.0. The zero-order chi connectivity index (χ0) is 12.0. The summed E-state index contributed by atoms with van der Waals surface area (Å²) in [5, 5.41) is 0. The second kappa shape index (κ2) is 7.22. The molecule has 0 bridgehead atoms. The molecule has 0 aromatic heterocycles. The first-order valence-electron chi connectivity index (χ1n) is 6.26. The highest BCUT2D eigenvalue weighted by molar-refractivity contribution is 4.82. The number of nitrogens with zero attached hydrogens (tertiary/aromatic N) is 2. The molecule has 0 amide bonds. The van der Waals surface area contributed by atoms with Crippen LogP contribution in [-0.4, -0.2) is 69.3 Å². The summed E-state index contributed by atoms with van der Waals surface area (Å²) in [5.41, 5.74) is 6.11. The molecule has 0 saturated carbocycles. The monoisotopic (exact) mass is 229 g/mol. The minimum Gasteiger partial charge on any atom is -0.385 e. The Morgan fingerprint density at radius 2 is 2.25 bits per heavy atom. The quantitative estimate of drug-likeness (QED) is 0.641. The molecule has 2 unspecified atom stereocenters. The smallest absolute Gasteiger partial charge is 0.0462 e. The van der Waals surface area contributed by atoms with E-state index in [1.54, 1.807) is 7.11 Å². The fraction of sp³-hybridized carbons (Fsp3) is 1.00. The van der Waals surface area contributed by atoms with Gasteiger partial charge < -0.3 is 20.3 Å². The lowest BCUT2D eigenvalue weighted by Crippen LogP contribution is -2.38. The maximum Gasteiger partial charge on any atom is 0.0462 e. The van der Waals surface area contributed by atoms with Gasteiger partial charge in [-0.25, -0.2) is 0 Å². The molecule has 1 aliphatic rings. The number of hydrogen-bond acceptors (Lipinski definition) is 4. The van der Waals surface area contributed by atoms with E-state index >= 15 is 0 Å². The number of ether oxygens (including phenoxy) is 1. The number of likely N-dealkylation sites (tertiary alicyclic amines) is 1. The zero-order valence-corrected chi connectivity index (χ0v) is 11.0. The van der Waals surface area contributed by atoms with E-state index in [2.05, 4.69) is 23.9 Å². The third-order valence-electron chi connectivity index (χ3n) is 3.39. The Morgan fingerprint density at radius 3 is 2.81 bits per heavy atom. The van der Waals surface area contributed by atoms with E-state index in [0.717, 1.165) is 26.0 Å². The molecule has 1 rings (SSSR count). The Kier molecular flexibility index (Phi) is 6.28. The van der Waals surface area contributed by atoms with Crippen molar-refractivity contribution in [3.05, 3.63) is 0 Å². The molecular formula is C12H27N3O. The van der Waals surface area contributed by atoms with Crippen molar-refractivity contribution in [3.8, 4) is 0 Å². The van der Waals surface area contributed by atoms with Crippen LogP contribution in [0.15, 0.2) is 0 Å². The van der Waals surface area contributed by atoms with Gasteiger partial charge in [-0.3, -0.25) is 0 Å². The number of methoxy groups -OCH3 is 1. The van der Waals surface area contributed by atoms with Crippen LogP contribution in [0.1, 0.15) is 19.3 Å². The van der Waals surface area contributed by atoms with Crippen LogP contribution in [0.3, 0.4) is 0 Å². The van der Waals surface area contributed by atoms with Crippen LogP contribution in [-0.2, 0) is 4.74 Å². The first kappa shape index (κ1) is 13.9. The molecule has 0 aromatic rings. The molecular weight excluding hydrogens is 202 g/mol. The fourth-order valence-corrected chi connectivity index (χ4v) is 2.31. The van der Waals surface area contributed by atoms with Crippen molar-refractivity contribution >= 4 is 0 Å². The molecule has 2 N–H and O–H groups in total. The van der Waals surface area contributed by atoms with Crippen molar-refractivity contribution < 1.29 is 4.74 Å². The first-order chi connectivity index (χ1) is 7.63. The summed E-state index contributed by atoms with van der Waals surface area (Å²) in [7, 11) is 6.06. The van der Waals surface area contributed by atoms with Gasteiger partial charge in [0.1, 0.15) is 0 Å². The van der Waals surface area contributed by atoms with Crippen molar-refractivity contribution in [3.63, 3.8) is 0 Å². The molecule has 16 heavy (non-hydrogen) atoms. The van der Waals surface area contributed by atoms with Gasteiger partial charge in [-0.05, 0) is 39.9 Å². The van der Waals surface area contributed by atoms with Gasteiger partial charge in [0, 0.05) is 38.9 Å². The van der Waals surface area contributed by atoms with Crippen molar-refractivity contribution in [2.45, 2.75) is 31.3 Å². The Morgan fingerprint density at radius 1 is 1.50 bits per heavy atom. The van der Waals surface area contributed by atoms with Crippen LogP contribution in [0.2, 0.25) is 0 Å². The van der Waals surface area contributed by atoms with E-state index in [0.29, 0.717) is 12.1 Å². The van der Waals surface area contributed by atoms with Gasteiger partial charge >= 0.3 is 0 Å². The molecule has 96 valence electrons. The topological polar surface area (TPSA) is 41.7 Å². The minimum atomic E-state index is 0.302. The summed E-state index contributed by atoms with van der Waals surface area (Å²) >= 11 is 0. The Hall–Kier alpha value is -0.160. The van der Waals surface area contributed by atoms with Gasteiger partial charge in [-0.15, -0.1) is 0 Å². The van der Waals surface area contributed by atoms with Crippen LogP contribution in [0.25, 0.3) is 0 Å². The standard InChI is InChI=1S/C12H27N3O/c1-14(2)12-6-7-15(10-12)9-11(13)5-4-8-16-3/h11-12H,4-10,13H2,1-3H3. The van der Waals surface area contributed by atoms with E-state index in [9.17, 15) is 0 Å². The second-order valence-electron chi connectivity index (χ2n) is 5.06. The second-order valence-corrected chi connectivity index (χ2v) is 5.06. The lowest BCUT2D eigenvalue weighted by atomic mass is 10.1. The number of nitrogens with two attached hydrogens (primary N) is 1. The highest BCUT2D eigenvalue weighted by Crippen LogP contribution is 2.13. The normalized spacial score (nSPS) is 24.2. The SMILES string of the molecule is COCCCC(N)CN1CCC(N(C)C)C1. The molecule has 1 heterocycles. The Bertz CT molecular complexity index is 187. The molecule has 2 atom stereocenters. The van der Waals surface area contributed by atoms with Gasteiger partial charge in [-0.1, -0.05) is 0 Å². The molecule has 1 saturated heterocycles. The fourth-order valence-electron chi connectivity index (χ4n) is 2.31. The molecule has 0 spiro atoms. The molecule has 1 fully saturated rings. The molecule has 4 nitrogen and oxygen atoms in total. The first-order valence-corrected chi connectivity index (χ1v) is 6.26. The average molecular weight is 229 g/mol. The summed E-state index contributed by atoms with van der Waals surface area (Å²) in [6, 6.07) is 1.02. The van der Waals surface area contributed by atoms with Gasteiger partial charge in [0.2, 0.25) is 0 Å². The summed E-state index contributed by atoms with van der Waals surface area (Å²) in [6.07, 6.45) is 3.41. The highest BCUT2D eigenvalue weighted by Gasteiger charge is 2.24. The van der Waals surface area contributed by atoms with Crippen LogP contribution in [0, 0.1) is 0 Å². The highest BCUT2D eigenvalue weighted by atomic mass is 16.5. The Labute approximate surface area is 99.7 Å². The molecule has 0 aliphatic carbocycles. The van der Waals surface area contributed by atoms with E-state index < -0.39 is 0 Å². The van der Waals surface area contributed by atoms with Gasteiger partial charge in [-0.2, -0.15) is 0 Å². The minimum absolute atomic E-state index is 0.302. The van der Waals surface area contributed by atoms with E-state index in [1.807, 2.05) is 0 Å². The largest absolute Gasteiger partial charge is 0.385 e. The number of likely N-dealkylation sites (N-methyl/N-ethyl adjacent to an activating group) is 1. The molecule has 0 aromatic carbocycles. The molecule has 1 aliphatic heterocycles. The van der Waals surface area contributed by atoms with E-state index in [-0.39, 0.29) is 0 Å². The predicted molar refractivity (Wildman–Crippen MR) is 67.6 cm³/mol. The third-order valence-corrected chi connectivity index (χ3v) is 3.39. The van der Waals surface area contributed by atoms with Crippen LogP contribution in [0.4, 0.5) is 0 Å². The van der Waals surface area contributed by atoms with Gasteiger partial charge in [0.25, 0.3) is 0 Å². The number of rotatable bonds is 7. The summed E-state index contributed by atoms with van der Waals surface area (Å²) in [5.74, 6) is 0. The summed E-state index contributed by atoms with van der Waals surface area (Å²) in [6.45, 7) is 4.23. The van der Waals surface area contributed by atoms with Crippen LogP contribution >= 0.6 is 0 Å². The van der Waals surface area contributed by atoms with Crippen molar-refractivity contribution in [2.75, 3.05) is 47.4 Å². The van der Waals surface area contributed by atoms with Crippen LogP contribution < -0.4 is 5.73 Å². The molecule has 0 radical (unpaired) electrons. The Balaban J connectivity index is 2.13. The average Bonchev–Trinajstić information content (AvgIpc) is 2.66. The predicted octanol–water partition coefficient (Wildman–Crippen LogP) is 0.376. The lowest BCUT2D eigenvalue weighted by Gasteiger charge is -2.22. The van der Waals surface area contributed by atoms with Crippen LogP contribution in [0.5, 0.6) is 0 Å². The van der Waals surface area contributed by atoms with Gasteiger partial charge in [0.15, 0.2) is 0 Å². The third kappa shape index (κ3) is 4.78. The van der Waals surface area contributed by atoms with E-state index in [1.165, 1.54) is 19.5 Å². The van der Waals surface area contributed by atoms with E-state index in [4.69, 9.17) is 10.5 Å². The maximum absolute atomic E-state index is 6.11. The van der Waals surface area contributed by atoms with Gasteiger partial charge in [0.05, 0.1) is 0 Å². The lowest BCUT2D eigenvalue weighted by molar-refractivity contribution is 0.186. The van der Waals surface area contributed by atoms with Crippen molar-refractivity contribution in [1.82, 2.24) is 9.80 Å². The van der Waals surface area contributed by atoms with Crippen molar-refractivity contribution in [1.29, 1.82) is 0 Å². The van der Waals surface area contributed by atoms with Crippen molar-refractivity contribution in [2.24, 2.45) is 5.73 Å². The summed E-state index contributed by atoms with van der Waals surface area (Å²) < 4.78 is 5.03.